The number of benzene rings is 1. The minimum Gasteiger partial charge on any atom is -0.350 e. The summed E-state index contributed by atoms with van der Waals surface area (Å²) in [5.41, 5.74) is 4.34. The van der Waals surface area contributed by atoms with Gasteiger partial charge in [0.05, 0.1) is 36.2 Å². The largest absolute Gasteiger partial charge is 0.350 e. The first-order valence-corrected chi connectivity index (χ1v) is 14.8. The van der Waals surface area contributed by atoms with Gasteiger partial charge in [-0.25, -0.2) is 4.39 Å². The molecule has 0 N–H and O–H groups in total. The highest BCUT2D eigenvalue weighted by Crippen LogP contribution is 2.33. The van der Waals surface area contributed by atoms with E-state index in [0.29, 0.717) is 36.4 Å². The molecule has 0 radical (unpaired) electrons. The zero-order chi connectivity index (χ0) is 28.4. The second-order valence-electron chi connectivity index (χ2n) is 11.7. The number of rotatable bonds is 10. The summed E-state index contributed by atoms with van der Waals surface area (Å²) >= 11 is 0. The van der Waals surface area contributed by atoms with Crippen LogP contribution < -0.4 is 0 Å². The fourth-order valence-electron chi connectivity index (χ4n) is 6.33. The summed E-state index contributed by atoms with van der Waals surface area (Å²) in [4.78, 5) is 22.2. The molecule has 4 heterocycles. The first-order valence-electron chi connectivity index (χ1n) is 14.8. The van der Waals surface area contributed by atoms with Gasteiger partial charge in [-0.1, -0.05) is 6.92 Å². The Labute approximate surface area is 237 Å². The third-order valence-electron chi connectivity index (χ3n) is 8.76. The number of hydrogen-bond donors (Lipinski definition) is 0. The number of halogens is 1. The van der Waals surface area contributed by atoms with E-state index in [0.717, 1.165) is 56.3 Å². The summed E-state index contributed by atoms with van der Waals surface area (Å²) in [6.45, 7) is 11.9. The van der Waals surface area contributed by atoms with Crippen LogP contribution in [0.1, 0.15) is 67.9 Å². The van der Waals surface area contributed by atoms with Crippen molar-refractivity contribution < 1.29 is 18.7 Å². The Morgan fingerprint density at radius 2 is 2.00 bits per heavy atom. The predicted molar refractivity (Wildman–Crippen MR) is 155 cm³/mol. The standard InChI is InChI=1S/C32H43FN4O3/c1-6-26(8-10-30-39-13-14-40-30)36-12-11-23(19-36)15-24-20-37(29-18-34-17-22(4)31(24)29)28-9-7-25(33)16-27(28)32(38)35(5)21(2)3/h7,9,16-18,20-21,23,26,30H,6,8,10-15,19H2,1-5H3/t23-,26?/m1/s1. The summed E-state index contributed by atoms with van der Waals surface area (Å²) in [5, 5.41) is 1.18. The molecule has 1 unspecified atom stereocenters. The minimum atomic E-state index is -0.419. The van der Waals surface area contributed by atoms with Crippen molar-refractivity contribution in [2.24, 2.45) is 5.92 Å². The molecule has 2 aliphatic heterocycles. The SMILES string of the molecule is CCC(CCC1OCCO1)N1CC[C@H](Cc2cn(-c3ccc(F)cc3C(=O)N(C)C(C)C)c3cncc(C)c23)C1. The zero-order valence-corrected chi connectivity index (χ0v) is 24.5. The van der Waals surface area contributed by atoms with Gasteiger partial charge in [-0.3, -0.25) is 9.78 Å². The van der Waals surface area contributed by atoms with Gasteiger partial charge in [0.2, 0.25) is 0 Å². The molecular formula is C32H43FN4O3. The van der Waals surface area contributed by atoms with Crippen LogP contribution in [0.5, 0.6) is 0 Å². The van der Waals surface area contributed by atoms with Crippen molar-refractivity contribution in [2.75, 3.05) is 33.4 Å². The van der Waals surface area contributed by atoms with Crippen molar-refractivity contribution >= 4 is 16.8 Å². The van der Waals surface area contributed by atoms with E-state index in [1.54, 1.807) is 18.0 Å². The molecule has 8 heteroatoms. The average molecular weight is 551 g/mol. The van der Waals surface area contributed by atoms with E-state index in [9.17, 15) is 9.18 Å². The molecule has 2 saturated heterocycles. The number of hydrogen-bond acceptors (Lipinski definition) is 5. The molecule has 3 aromatic rings. The number of fused-ring (bicyclic) bond motifs is 1. The van der Waals surface area contributed by atoms with Gasteiger partial charge in [0, 0.05) is 43.5 Å². The second kappa shape index (κ2) is 12.4. The molecule has 1 amide bonds. The lowest BCUT2D eigenvalue weighted by atomic mass is 9.97. The van der Waals surface area contributed by atoms with Gasteiger partial charge in [-0.2, -0.15) is 0 Å². The maximum absolute atomic E-state index is 14.4. The highest BCUT2D eigenvalue weighted by Gasteiger charge is 2.30. The molecule has 0 aliphatic carbocycles. The van der Waals surface area contributed by atoms with Crippen LogP contribution >= 0.6 is 0 Å². The molecule has 5 rings (SSSR count). The number of amides is 1. The molecule has 1 aromatic carbocycles. The predicted octanol–water partition coefficient (Wildman–Crippen LogP) is 5.75. The lowest BCUT2D eigenvalue weighted by molar-refractivity contribution is -0.0515. The Kier molecular flexibility index (Phi) is 8.88. The Morgan fingerprint density at radius 1 is 1.23 bits per heavy atom. The van der Waals surface area contributed by atoms with Gasteiger partial charge in [0.15, 0.2) is 6.29 Å². The summed E-state index contributed by atoms with van der Waals surface area (Å²) in [6.07, 6.45) is 11.1. The molecular weight excluding hydrogens is 507 g/mol. The number of carbonyl (C=O) groups is 1. The van der Waals surface area contributed by atoms with Crippen molar-refractivity contribution in [3.8, 4) is 5.69 Å². The van der Waals surface area contributed by atoms with E-state index in [1.807, 2.05) is 30.8 Å². The lowest BCUT2D eigenvalue weighted by Crippen LogP contribution is -2.34. The molecule has 2 aliphatic rings. The lowest BCUT2D eigenvalue weighted by Gasteiger charge is -2.27. The Hall–Kier alpha value is -2.81. The first kappa shape index (κ1) is 28.7. The number of aryl methyl sites for hydroxylation is 1. The maximum atomic E-state index is 14.4. The number of pyridine rings is 1. The Morgan fingerprint density at radius 3 is 2.73 bits per heavy atom. The minimum absolute atomic E-state index is 0.0000270. The number of carbonyl (C=O) groups excluding carboxylic acids is 1. The van der Waals surface area contributed by atoms with Crippen molar-refractivity contribution in [3.05, 3.63) is 59.3 Å². The fourth-order valence-corrected chi connectivity index (χ4v) is 6.33. The first-order chi connectivity index (χ1) is 19.3. The van der Waals surface area contributed by atoms with Crippen LogP contribution in [0.3, 0.4) is 0 Å². The van der Waals surface area contributed by atoms with E-state index >= 15 is 0 Å². The fraction of sp³-hybridized carbons (Fsp3) is 0.562. The number of ether oxygens (including phenoxy) is 2. The van der Waals surface area contributed by atoms with Crippen LogP contribution in [0.2, 0.25) is 0 Å². The smallest absolute Gasteiger partial charge is 0.256 e. The highest BCUT2D eigenvalue weighted by atomic mass is 19.1. The molecule has 0 saturated carbocycles. The van der Waals surface area contributed by atoms with Gasteiger partial charge < -0.3 is 23.8 Å². The Bertz CT molecular complexity index is 1330. The maximum Gasteiger partial charge on any atom is 0.256 e. The Balaban J connectivity index is 1.40. The number of likely N-dealkylation sites (tertiary alicyclic amines) is 1. The molecule has 2 fully saturated rings. The van der Waals surface area contributed by atoms with Crippen molar-refractivity contribution in [2.45, 2.75) is 78.2 Å². The van der Waals surface area contributed by atoms with E-state index in [2.05, 4.69) is 29.9 Å². The van der Waals surface area contributed by atoms with E-state index in [1.165, 1.54) is 23.1 Å². The highest BCUT2D eigenvalue weighted by molar-refractivity contribution is 5.99. The van der Waals surface area contributed by atoms with Crippen LogP contribution in [0.15, 0.2) is 36.8 Å². The van der Waals surface area contributed by atoms with E-state index in [-0.39, 0.29) is 18.2 Å². The normalized spacial score (nSPS) is 19.2. The van der Waals surface area contributed by atoms with Crippen LogP contribution in [0.4, 0.5) is 4.39 Å². The molecule has 216 valence electrons. The summed E-state index contributed by atoms with van der Waals surface area (Å²) in [6, 6.07) is 5.03. The molecule has 0 spiro atoms. The van der Waals surface area contributed by atoms with Gasteiger partial charge in [-0.05, 0) is 94.7 Å². The summed E-state index contributed by atoms with van der Waals surface area (Å²) in [7, 11) is 1.76. The molecule has 0 bridgehead atoms. The molecule has 7 nitrogen and oxygen atoms in total. The third-order valence-corrected chi connectivity index (χ3v) is 8.76. The molecule has 40 heavy (non-hydrogen) atoms. The van der Waals surface area contributed by atoms with Crippen molar-refractivity contribution in [3.63, 3.8) is 0 Å². The van der Waals surface area contributed by atoms with Crippen LogP contribution in [0, 0.1) is 18.7 Å². The molecule has 2 atom stereocenters. The second-order valence-corrected chi connectivity index (χ2v) is 11.7. The van der Waals surface area contributed by atoms with Gasteiger partial charge >= 0.3 is 0 Å². The van der Waals surface area contributed by atoms with Crippen LogP contribution in [-0.2, 0) is 15.9 Å². The average Bonchev–Trinajstić information content (AvgIpc) is 3.70. The van der Waals surface area contributed by atoms with Gasteiger partial charge in [-0.15, -0.1) is 0 Å². The van der Waals surface area contributed by atoms with E-state index < -0.39 is 5.82 Å². The van der Waals surface area contributed by atoms with Gasteiger partial charge in [0.1, 0.15) is 5.82 Å². The number of nitrogens with zero attached hydrogens (tertiary/aromatic N) is 4. The zero-order valence-electron chi connectivity index (χ0n) is 24.5. The monoisotopic (exact) mass is 550 g/mol. The van der Waals surface area contributed by atoms with E-state index in [4.69, 9.17) is 9.47 Å². The van der Waals surface area contributed by atoms with Crippen molar-refractivity contribution in [1.82, 2.24) is 19.4 Å². The summed E-state index contributed by atoms with van der Waals surface area (Å²) in [5.74, 6) is -0.0715. The van der Waals surface area contributed by atoms with Crippen LogP contribution in [0.25, 0.3) is 16.6 Å². The third kappa shape index (κ3) is 5.94. The summed E-state index contributed by atoms with van der Waals surface area (Å²) < 4.78 is 27.8. The van der Waals surface area contributed by atoms with Gasteiger partial charge in [0.25, 0.3) is 5.91 Å². The number of aromatic nitrogens is 2. The molecule has 2 aromatic heterocycles. The quantitative estimate of drug-likeness (QED) is 0.322. The topological polar surface area (TPSA) is 59.8 Å². The van der Waals surface area contributed by atoms with Crippen LogP contribution in [-0.4, -0.2) is 77.0 Å². The van der Waals surface area contributed by atoms with Crippen molar-refractivity contribution in [1.29, 1.82) is 0 Å².